The van der Waals surface area contributed by atoms with Gasteiger partial charge in [-0.15, -0.1) is 0 Å². The number of hydrogen-bond donors (Lipinski definition) is 0. The average molecular weight is 231 g/mol. The molecule has 0 aliphatic carbocycles. The van der Waals surface area contributed by atoms with E-state index in [0.717, 1.165) is 11.4 Å². The lowest BCUT2D eigenvalue weighted by Gasteiger charge is -2.13. The smallest absolute Gasteiger partial charge is 0.141 e. The molecule has 1 saturated heterocycles. The van der Waals surface area contributed by atoms with Crippen molar-refractivity contribution in [3.63, 3.8) is 0 Å². The summed E-state index contributed by atoms with van der Waals surface area (Å²) in [4.78, 5) is 8.59. The maximum absolute atomic E-state index is 4.44. The maximum atomic E-state index is 4.44. The van der Waals surface area contributed by atoms with Gasteiger partial charge in [-0.05, 0) is 24.3 Å². The van der Waals surface area contributed by atoms with Gasteiger partial charge < -0.3 is 4.57 Å². The molecule has 1 aliphatic heterocycles. The highest BCUT2D eigenvalue weighted by Crippen LogP contribution is 2.31. The molecule has 3 rings (SSSR count). The number of imidazole rings is 1. The van der Waals surface area contributed by atoms with Gasteiger partial charge in [-0.25, -0.2) is 4.98 Å². The van der Waals surface area contributed by atoms with Crippen LogP contribution in [0.1, 0.15) is 12.5 Å². The Balaban J connectivity index is 1.99. The van der Waals surface area contributed by atoms with E-state index in [0.29, 0.717) is 6.04 Å². The molecule has 0 N–H and O–H groups in total. The normalized spacial score (nSPS) is 20.1. The van der Waals surface area contributed by atoms with Crippen LogP contribution < -0.4 is 0 Å². The second-order valence-electron chi connectivity index (χ2n) is 3.92. The lowest BCUT2D eigenvalue weighted by atomic mass is 10.2. The fourth-order valence-corrected chi connectivity index (χ4v) is 3.27. The van der Waals surface area contributed by atoms with E-state index in [-0.39, 0.29) is 0 Å². The van der Waals surface area contributed by atoms with E-state index in [4.69, 9.17) is 0 Å². The zero-order valence-corrected chi connectivity index (χ0v) is 9.73. The van der Waals surface area contributed by atoms with Crippen LogP contribution in [0.25, 0.3) is 11.4 Å². The largest absolute Gasteiger partial charge is 0.327 e. The molecule has 2 aromatic heterocycles. The van der Waals surface area contributed by atoms with Crippen molar-refractivity contribution in [3.05, 3.63) is 36.9 Å². The first-order valence-electron chi connectivity index (χ1n) is 5.46. The molecule has 0 spiro atoms. The first kappa shape index (κ1) is 9.90. The Morgan fingerprint density at radius 2 is 2.38 bits per heavy atom. The number of hydrogen-bond acceptors (Lipinski definition) is 3. The molecule has 3 heterocycles. The Kier molecular flexibility index (Phi) is 2.66. The Morgan fingerprint density at radius 3 is 3.12 bits per heavy atom. The Labute approximate surface area is 98.9 Å². The highest BCUT2D eigenvalue weighted by Gasteiger charge is 2.20. The molecule has 0 aromatic carbocycles. The van der Waals surface area contributed by atoms with Crippen molar-refractivity contribution in [1.29, 1.82) is 0 Å². The van der Waals surface area contributed by atoms with Crippen LogP contribution >= 0.6 is 11.8 Å². The van der Waals surface area contributed by atoms with E-state index in [2.05, 4.69) is 26.8 Å². The topological polar surface area (TPSA) is 30.7 Å². The summed E-state index contributed by atoms with van der Waals surface area (Å²) in [5.74, 6) is 3.50. The van der Waals surface area contributed by atoms with Crippen LogP contribution in [0.3, 0.4) is 0 Å². The Hall–Kier alpha value is -1.29. The van der Waals surface area contributed by atoms with Gasteiger partial charge in [-0.1, -0.05) is 0 Å². The second-order valence-corrected chi connectivity index (χ2v) is 5.07. The molecule has 1 fully saturated rings. The molecule has 0 saturated carbocycles. The highest BCUT2D eigenvalue weighted by molar-refractivity contribution is 7.99. The minimum Gasteiger partial charge on any atom is -0.327 e. The predicted molar refractivity (Wildman–Crippen MR) is 66.4 cm³/mol. The van der Waals surface area contributed by atoms with Crippen LogP contribution in [0.5, 0.6) is 0 Å². The quantitative estimate of drug-likeness (QED) is 0.796. The van der Waals surface area contributed by atoms with Crippen LogP contribution in [-0.4, -0.2) is 26.0 Å². The summed E-state index contributed by atoms with van der Waals surface area (Å²) in [5, 5.41) is 0. The summed E-state index contributed by atoms with van der Waals surface area (Å²) >= 11 is 2.02. The standard InChI is InChI=1S/C12H13N3S/c1-2-10(8-13-4-1)12-14-5-6-15(12)11-3-7-16-9-11/h1-2,4-6,8,11H,3,7,9H2. The molecule has 1 unspecified atom stereocenters. The molecule has 0 radical (unpaired) electrons. The fraction of sp³-hybridized carbons (Fsp3) is 0.333. The third-order valence-electron chi connectivity index (χ3n) is 2.89. The van der Waals surface area contributed by atoms with Gasteiger partial charge in [-0.2, -0.15) is 11.8 Å². The molecule has 82 valence electrons. The zero-order valence-electron chi connectivity index (χ0n) is 8.91. The average Bonchev–Trinajstić information content (AvgIpc) is 3.01. The van der Waals surface area contributed by atoms with Gasteiger partial charge in [0.1, 0.15) is 5.82 Å². The maximum Gasteiger partial charge on any atom is 0.141 e. The summed E-state index contributed by atoms with van der Waals surface area (Å²) in [5.41, 5.74) is 1.10. The molecule has 2 aromatic rings. The number of aromatic nitrogens is 3. The van der Waals surface area contributed by atoms with Crippen LogP contribution in [0.15, 0.2) is 36.9 Å². The minimum absolute atomic E-state index is 0.600. The van der Waals surface area contributed by atoms with E-state index >= 15 is 0 Å². The van der Waals surface area contributed by atoms with Crippen molar-refractivity contribution >= 4 is 11.8 Å². The molecule has 0 amide bonds. The molecular formula is C12H13N3S. The highest BCUT2D eigenvalue weighted by atomic mass is 32.2. The van der Waals surface area contributed by atoms with Crippen LogP contribution in [-0.2, 0) is 0 Å². The van der Waals surface area contributed by atoms with Crippen LogP contribution in [0.4, 0.5) is 0 Å². The van der Waals surface area contributed by atoms with Gasteiger partial charge in [0.05, 0.1) is 0 Å². The van der Waals surface area contributed by atoms with E-state index in [1.807, 2.05) is 30.2 Å². The van der Waals surface area contributed by atoms with Gasteiger partial charge in [-0.3, -0.25) is 4.98 Å². The molecule has 4 heteroatoms. The zero-order chi connectivity index (χ0) is 10.8. The van der Waals surface area contributed by atoms with Crippen molar-refractivity contribution in [1.82, 2.24) is 14.5 Å². The second kappa shape index (κ2) is 4.29. The van der Waals surface area contributed by atoms with Crippen molar-refractivity contribution in [2.45, 2.75) is 12.5 Å². The van der Waals surface area contributed by atoms with E-state index in [1.54, 1.807) is 6.20 Å². The SMILES string of the molecule is c1cncc(-c2nccn2C2CCSC2)c1. The van der Waals surface area contributed by atoms with Gasteiger partial charge in [0.15, 0.2) is 0 Å². The van der Waals surface area contributed by atoms with E-state index < -0.39 is 0 Å². The third-order valence-corrected chi connectivity index (χ3v) is 4.03. The van der Waals surface area contributed by atoms with Crippen molar-refractivity contribution in [2.24, 2.45) is 0 Å². The van der Waals surface area contributed by atoms with Crippen LogP contribution in [0, 0.1) is 0 Å². The molecule has 0 bridgehead atoms. The van der Waals surface area contributed by atoms with Crippen LogP contribution in [0.2, 0.25) is 0 Å². The molecule has 1 aliphatic rings. The Bertz CT molecular complexity index is 460. The summed E-state index contributed by atoms with van der Waals surface area (Å²) in [6.45, 7) is 0. The number of rotatable bonds is 2. The van der Waals surface area contributed by atoms with E-state index in [1.165, 1.54) is 17.9 Å². The number of thioether (sulfide) groups is 1. The van der Waals surface area contributed by atoms with Crippen molar-refractivity contribution in [2.75, 3.05) is 11.5 Å². The molecule has 16 heavy (non-hydrogen) atoms. The first-order valence-corrected chi connectivity index (χ1v) is 6.61. The Morgan fingerprint density at radius 1 is 1.38 bits per heavy atom. The lowest BCUT2D eigenvalue weighted by molar-refractivity contribution is 0.565. The van der Waals surface area contributed by atoms with E-state index in [9.17, 15) is 0 Å². The van der Waals surface area contributed by atoms with Gasteiger partial charge >= 0.3 is 0 Å². The fourth-order valence-electron chi connectivity index (χ4n) is 2.07. The summed E-state index contributed by atoms with van der Waals surface area (Å²) < 4.78 is 2.29. The first-order chi connectivity index (χ1) is 7.95. The summed E-state index contributed by atoms with van der Waals surface area (Å²) in [6.07, 6.45) is 8.88. The monoisotopic (exact) mass is 231 g/mol. The number of nitrogens with zero attached hydrogens (tertiary/aromatic N) is 3. The minimum atomic E-state index is 0.600. The van der Waals surface area contributed by atoms with Crippen molar-refractivity contribution in [3.8, 4) is 11.4 Å². The van der Waals surface area contributed by atoms with Gasteiger partial charge in [0, 0.05) is 42.1 Å². The molecule has 1 atom stereocenters. The predicted octanol–water partition coefficient (Wildman–Crippen LogP) is 2.62. The van der Waals surface area contributed by atoms with Crippen molar-refractivity contribution < 1.29 is 0 Å². The van der Waals surface area contributed by atoms with Gasteiger partial charge in [0.2, 0.25) is 0 Å². The molecule has 3 nitrogen and oxygen atoms in total. The summed E-state index contributed by atoms with van der Waals surface area (Å²) in [7, 11) is 0. The summed E-state index contributed by atoms with van der Waals surface area (Å²) in [6, 6.07) is 4.62. The van der Waals surface area contributed by atoms with Gasteiger partial charge in [0.25, 0.3) is 0 Å². The third kappa shape index (κ3) is 1.73. The lowest BCUT2D eigenvalue weighted by Crippen LogP contribution is -2.08. The number of pyridine rings is 1. The molecular weight excluding hydrogens is 218 g/mol.